The SMILES string of the molecule is C[C@H](NC(=O)Cc1cc(F)cc(F)c1)C(=O)N(CC(=O)O)c1ccccc1. The van der Waals surface area contributed by atoms with Gasteiger partial charge in [-0.1, -0.05) is 18.2 Å². The molecule has 142 valence electrons. The van der Waals surface area contributed by atoms with E-state index in [1.54, 1.807) is 30.3 Å². The van der Waals surface area contributed by atoms with Gasteiger partial charge in [0, 0.05) is 11.8 Å². The summed E-state index contributed by atoms with van der Waals surface area (Å²) in [4.78, 5) is 36.8. The van der Waals surface area contributed by atoms with Crippen molar-refractivity contribution >= 4 is 23.5 Å². The van der Waals surface area contributed by atoms with E-state index in [1.165, 1.54) is 6.92 Å². The lowest BCUT2D eigenvalue weighted by atomic mass is 10.1. The lowest BCUT2D eigenvalue weighted by Crippen LogP contribution is -2.49. The van der Waals surface area contributed by atoms with E-state index in [4.69, 9.17) is 5.11 Å². The van der Waals surface area contributed by atoms with E-state index in [0.717, 1.165) is 17.0 Å². The number of halogens is 2. The van der Waals surface area contributed by atoms with E-state index in [-0.39, 0.29) is 12.0 Å². The second kappa shape index (κ2) is 8.88. The molecule has 2 amide bonds. The number of anilines is 1. The van der Waals surface area contributed by atoms with E-state index >= 15 is 0 Å². The summed E-state index contributed by atoms with van der Waals surface area (Å²) in [5.74, 6) is -4.07. The molecule has 0 fully saturated rings. The lowest BCUT2D eigenvalue weighted by molar-refractivity contribution is -0.136. The van der Waals surface area contributed by atoms with Crippen molar-refractivity contribution in [3.8, 4) is 0 Å². The average molecular weight is 376 g/mol. The number of nitrogens with one attached hydrogen (secondary N) is 1. The molecule has 8 heteroatoms. The molecular formula is C19H18F2N2O4. The van der Waals surface area contributed by atoms with Crippen molar-refractivity contribution in [3.05, 3.63) is 65.7 Å². The molecule has 27 heavy (non-hydrogen) atoms. The standard InChI is InChI=1S/C19H18F2N2O4/c1-12(22-17(24)9-13-7-14(20)10-15(21)8-13)19(27)23(11-18(25)26)16-5-3-2-4-6-16/h2-8,10,12H,9,11H2,1H3,(H,22,24)(H,25,26)/t12-/m0/s1. The third-order valence-electron chi connectivity index (χ3n) is 3.66. The first-order chi connectivity index (χ1) is 12.8. The minimum Gasteiger partial charge on any atom is -0.480 e. The smallest absolute Gasteiger partial charge is 0.323 e. The maximum Gasteiger partial charge on any atom is 0.323 e. The van der Waals surface area contributed by atoms with Gasteiger partial charge in [-0.15, -0.1) is 0 Å². The van der Waals surface area contributed by atoms with E-state index in [2.05, 4.69) is 5.32 Å². The molecule has 0 spiro atoms. The van der Waals surface area contributed by atoms with Crippen molar-refractivity contribution in [2.75, 3.05) is 11.4 Å². The largest absolute Gasteiger partial charge is 0.480 e. The van der Waals surface area contributed by atoms with Crippen LogP contribution in [0.1, 0.15) is 12.5 Å². The number of para-hydroxylation sites is 1. The molecule has 0 aliphatic heterocycles. The molecule has 0 aliphatic rings. The summed E-state index contributed by atoms with van der Waals surface area (Å²) in [5, 5.41) is 11.5. The summed E-state index contributed by atoms with van der Waals surface area (Å²) in [6.45, 7) is 0.836. The van der Waals surface area contributed by atoms with Crippen LogP contribution in [0.5, 0.6) is 0 Å². The Hall–Kier alpha value is -3.29. The fourth-order valence-electron chi connectivity index (χ4n) is 2.53. The molecule has 2 N–H and O–H groups in total. The third-order valence-corrected chi connectivity index (χ3v) is 3.66. The Morgan fingerprint density at radius 3 is 2.22 bits per heavy atom. The first-order valence-corrected chi connectivity index (χ1v) is 8.09. The Balaban J connectivity index is 2.07. The number of nitrogens with zero attached hydrogens (tertiary/aromatic N) is 1. The van der Waals surface area contributed by atoms with Crippen molar-refractivity contribution in [1.82, 2.24) is 5.32 Å². The Morgan fingerprint density at radius 1 is 1.07 bits per heavy atom. The fourth-order valence-corrected chi connectivity index (χ4v) is 2.53. The normalized spacial score (nSPS) is 11.5. The highest BCUT2D eigenvalue weighted by molar-refractivity contribution is 6.01. The van der Waals surface area contributed by atoms with Gasteiger partial charge < -0.3 is 10.4 Å². The van der Waals surface area contributed by atoms with Gasteiger partial charge in [0.25, 0.3) is 0 Å². The van der Waals surface area contributed by atoms with Crippen LogP contribution in [0.25, 0.3) is 0 Å². The number of carboxylic acid groups (broad SMARTS) is 1. The van der Waals surface area contributed by atoms with Crippen LogP contribution >= 0.6 is 0 Å². The molecule has 0 saturated heterocycles. The Kier molecular flexibility index (Phi) is 6.59. The van der Waals surface area contributed by atoms with Gasteiger partial charge in [-0.05, 0) is 36.8 Å². The number of benzene rings is 2. The highest BCUT2D eigenvalue weighted by Crippen LogP contribution is 2.15. The Labute approximate surface area is 154 Å². The Bertz CT molecular complexity index is 823. The number of hydrogen-bond donors (Lipinski definition) is 2. The predicted molar refractivity (Wildman–Crippen MR) is 94.1 cm³/mol. The van der Waals surface area contributed by atoms with Gasteiger partial charge >= 0.3 is 5.97 Å². The molecule has 0 unspecified atom stereocenters. The maximum absolute atomic E-state index is 13.2. The number of carbonyl (C=O) groups excluding carboxylic acids is 2. The second-order valence-corrected chi connectivity index (χ2v) is 5.90. The quantitative estimate of drug-likeness (QED) is 0.775. The summed E-state index contributed by atoms with van der Waals surface area (Å²) in [5.41, 5.74) is 0.494. The van der Waals surface area contributed by atoms with Crippen molar-refractivity contribution in [3.63, 3.8) is 0 Å². The molecule has 0 aliphatic carbocycles. The molecule has 0 bridgehead atoms. The number of rotatable bonds is 7. The van der Waals surface area contributed by atoms with Crippen LogP contribution in [-0.2, 0) is 20.8 Å². The zero-order chi connectivity index (χ0) is 20.0. The highest BCUT2D eigenvalue weighted by Gasteiger charge is 2.25. The lowest BCUT2D eigenvalue weighted by Gasteiger charge is -2.25. The molecule has 2 aromatic rings. The zero-order valence-corrected chi connectivity index (χ0v) is 14.5. The van der Waals surface area contributed by atoms with Gasteiger partial charge in [-0.2, -0.15) is 0 Å². The molecule has 0 aromatic heterocycles. The van der Waals surface area contributed by atoms with Crippen molar-refractivity contribution in [2.45, 2.75) is 19.4 Å². The number of aliphatic carboxylic acids is 1. The Morgan fingerprint density at radius 2 is 1.67 bits per heavy atom. The van der Waals surface area contributed by atoms with Crippen molar-refractivity contribution in [1.29, 1.82) is 0 Å². The van der Waals surface area contributed by atoms with Crippen molar-refractivity contribution in [2.24, 2.45) is 0 Å². The second-order valence-electron chi connectivity index (χ2n) is 5.90. The molecule has 6 nitrogen and oxygen atoms in total. The predicted octanol–water partition coefficient (Wildman–Crippen LogP) is 2.13. The van der Waals surface area contributed by atoms with E-state index in [1.807, 2.05) is 0 Å². The summed E-state index contributed by atoms with van der Waals surface area (Å²) in [6, 6.07) is 9.88. The molecular weight excluding hydrogens is 358 g/mol. The molecule has 0 radical (unpaired) electrons. The average Bonchev–Trinajstić information content (AvgIpc) is 2.58. The summed E-state index contributed by atoms with van der Waals surface area (Å²) >= 11 is 0. The summed E-state index contributed by atoms with van der Waals surface area (Å²) < 4.78 is 26.4. The molecule has 1 atom stereocenters. The maximum atomic E-state index is 13.2. The van der Waals surface area contributed by atoms with E-state index < -0.39 is 42.0 Å². The molecule has 2 aromatic carbocycles. The van der Waals surface area contributed by atoms with E-state index in [0.29, 0.717) is 11.8 Å². The first kappa shape index (κ1) is 20.0. The van der Waals surface area contributed by atoms with E-state index in [9.17, 15) is 23.2 Å². The van der Waals surface area contributed by atoms with Gasteiger partial charge in [0.2, 0.25) is 11.8 Å². The van der Waals surface area contributed by atoms with Crippen molar-refractivity contribution < 1.29 is 28.3 Å². The van der Waals surface area contributed by atoms with Gasteiger partial charge in [0.15, 0.2) is 0 Å². The number of hydrogen-bond acceptors (Lipinski definition) is 3. The number of amides is 2. The minimum atomic E-state index is -1.21. The van der Waals surface area contributed by atoms with Crippen LogP contribution in [0.15, 0.2) is 48.5 Å². The van der Waals surface area contributed by atoms with Crippen LogP contribution in [-0.4, -0.2) is 35.5 Å². The minimum absolute atomic E-state index is 0.120. The molecule has 0 heterocycles. The monoisotopic (exact) mass is 376 g/mol. The summed E-state index contributed by atoms with van der Waals surface area (Å²) in [7, 11) is 0. The van der Waals surface area contributed by atoms with Crippen LogP contribution in [0.2, 0.25) is 0 Å². The van der Waals surface area contributed by atoms with Crippen LogP contribution in [0.4, 0.5) is 14.5 Å². The zero-order valence-electron chi connectivity index (χ0n) is 14.5. The van der Waals surface area contributed by atoms with Crippen LogP contribution < -0.4 is 10.2 Å². The highest BCUT2D eigenvalue weighted by atomic mass is 19.1. The fraction of sp³-hybridized carbons (Fsp3) is 0.211. The van der Waals surface area contributed by atoms with Gasteiger partial charge in [0.05, 0.1) is 6.42 Å². The number of carbonyl (C=O) groups is 3. The summed E-state index contributed by atoms with van der Waals surface area (Å²) in [6.07, 6.45) is -0.323. The number of carboxylic acids is 1. The topological polar surface area (TPSA) is 86.7 Å². The van der Waals surface area contributed by atoms with Gasteiger partial charge in [0.1, 0.15) is 24.2 Å². The van der Waals surface area contributed by atoms with Crippen LogP contribution in [0, 0.1) is 11.6 Å². The van der Waals surface area contributed by atoms with Gasteiger partial charge in [-0.3, -0.25) is 19.3 Å². The molecule has 0 saturated carbocycles. The molecule has 2 rings (SSSR count). The van der Waals surface area contributed by atoms with Crippen LogP contribution in [0.3, 0.4) is 0 Å². The van der Waals surface area contributed by atoms with Gasteiger partial charge in [-0.25, -0.2) is 8.78 Å². The first-order valence-electron chi connectivity index (χ1n) is 8.09. The third kappa shape index (κ3) is 5.88.